The van der Waals surface area contributed by atoms with Crippen LogP contribution in [-0.2, 0) is 20.3 Å². The third-order valence-electron chi connectivity index (χ3n) is 4.28. The quantitative estimate of drug-likeness (QED) is 0.701. The van der Waals surface area contributed by atoms with Crippen molar-refractivity contribution in [3.63, 3.8) is 0 Å². The molecule has 27 heavy (non-hydrogen) atoms. The summed E-state index contributed by atoms with van der Waals surface area (Å²) in [5.41, 5.74) is 1.06. The number of benzene rings is 1. The van der Waals surface area contributed by atoms with Gasteiger partial charge < -0.3 is 9.64 Å². The zero-order valence-electron chi connectivity index (χ0n) is 14.8. The van der Waals surface area contributed by atoms with Gasteiger partial charge in [-0.05, 0) is 29.8 Å². The summed E-state index contributed by atoms with van der Waals surface area (Å²) in [6.45, 7) is 1.42. The Hall–Kier alpha value is -2.19. The number of anilines is 1. The molecule has 1 fully saturated rings. The summed E-state index contributed by atoms with van der Waals surface area (Å²) in [6.07, 6.45) is 2.41. The van der Waals surface area contributed by atoms with Gasteiger partial charge in [0, 0.05) is 32.2 Å². The van der Waals surface area contributed by atoms with E-state index in [4.69, 9.17) is 16.3 Å². The fourth-order valence-electron chi connectivity index (χ4n) is 2.94. The van der Waals surface area contributed by atoms with Gasteiger partial charge in [0.25, 0.3) is 0 Å². The zero-order valence-corrected chi connectivity index (χ0v) is 16.4. The Bertz CT molecular complexity index is 893. The Labute approximate surface area is 163 Å². The van der Waals surface area contributed by atoms with Gasteiger partial charge in [-0.15, -0.1) is 10.2 Å². The number of aromatic nitrogens is 2. The lowest BCUT2D eigenvalue weighted by Crippen LogP contribution is -2.38. The van der Waals surface area contributed by atoms with Gasteiger partial charge in [-0.25, -0.2) is 13.2 Å². The second-order valence-corrected chi connectivity index (χ2v) is 9.10. The number of ether oxygens (including phenoxy) is 1. The molecular weight excluding hydrogens is 390 g/mol. The topological polar surface area (TPSA) is 89.5 Å². The molecule has 0 N–H and O–H groups in total. The van der Waals surface area contributed by atoms with Crippen LogP contribution < -0.4 is 4.90 Å². The normalized spacial score (nSPS) is 15.6. The van der Waals surface area contributed by atoms with Gasteiger partial charge in [0.1, 0.15) is 6.10 Å². The average molecular weight is 410 g/mol. The monoisotopic (exact) mass is 409 g/mol. The predicted molar refractivity (Wildman–Crippen MR) is 103 cm³/mol. The third-order valence-corrected chi connectivity index (χ3v) is 5.34. The Balaban J connectivity index is 1.52. The van der Waals surface area contributed by atoms with E-state index in [9.17, 15) is 13.2 Å². The number of nitrogens with zero attached hydrogens (tertiary/aromatic N) is 3. The van der Waals surface area contributed by atoms with Crippen molar-refractivity contribution >= 4 is 33.2 Å². The molecule has 1 aliphatic rings. The number of hydrogen-bond acceptors (Lipinski definition) is 7. The number of hydrogen-bond donors (Lipinski definition) is 0. The first-order valence-electron chi connectivity index (χ1n) is 8.52. The maximum absolute atomic E-state index is 12.3. The molecule has 0 unspecified atom stereocenters. The van der Waals surface area contributed by atoms with Gasteiger partial charge >= 0.3 is 5.97 Å². The molecule has 1 aliphatic heterocycles. The first-order valence-corrected chi connectivity index (χ1v) is 11.0. The first kappa shape index (κ1) is 19.6. The van der Waals surface area contributed by atoms with Crippen molar-refractivity contribution in [1.29, 1.82) is 0 Å². The van der Waals surface area contributed by atoms with Gasteiger partial charge in [0.05, 0.1) is 11.3 Å². The molecular formula is C18H20ClN3O4S. The fraction of sp³-hybridized carbons (Fsp3) is 0.389. The van der Waals surface area contributed by atoms with Crippen LogP contribution in [0, 0.1) is 0 Å². The van der Waals surface area contributed by atoms with Crippen LogP contribution >= 0.6 is 11.6 Å². The van der Waals surface area contributed by atoms with E-state index < -0.39 is 15.8 Å². The van der Waals surface area contributed by atoms with Gasteiger partial charge in [-0.2, -0.15) is 0 Å². The van der Waals surface area contributed by atoms with Crippen molar-refractivity contribution in [2.45, 2.75) is 24.7 Å². The molecule has 0 radical (unpaired) electrons. The lowest BCUT2D eigenvalue weighted by molar-refractivity contribution is 0.0244. The highest BCUT2D eigenvalue weighted by atomic mass is 35.5. The van der Waals surface area contributed by atoms with Gasteiger partial charge in [-0.1, -0.05) is 23.7 Å². The highest BCUT2D eigenvalue weighted by Crippen LogP contribution is 2.21. The summed E-state index contributed by atoms with van der Waals surface area (Å²) in [5.74, 6) is 0.310. The molecule has 3 rings (SSSR count). The molecule has 7 nitrogen and oxygen atoms in total. The van der Waals surface area contributed by atoms with Crippen molar-refractivity contribution in [1.82, 2.24) is 10.2 Å². The van der Waals surface area contributed by atoms with E-state index in [-0.39, 0.29) is 11.9 Å². The van der Waals surface area contributed by atoms with E-state index in [1.54, 1.807) is 30.3 Å². The zero-order chi connectivity index (χ0) is 19.4. The number of halogens is 1. The van der Waals surface area contributed by atoms with Crippen molar-refractivity contribution in [2.75, 3.05) is 24.2 Å². The van der Waals surface area contributed by atoms with Crippen molar-refractivity contribution < 1.29 is 17.9 Å². The Morgan fingerprint density at radius 1 is 1.15 bits per heavy atom. The molecule has 2 aromatic rings. The minimum absolute atomic E-state index is 0.0472. The van der Waals surface area contributed by atoms with Crippen LogP contribution in [0.25, 0.3) is 0 Å². The van der Waals surface area contributed by atoms with Gasteiger partial charge in [0.2, 0.25) is 0 Å². The van der Waals surface area contributed by atoms with E-state index in [1.165, 1.54) is 6.26 Å². The molecule has 1 aromatic heterocycles. The summed E-state index contributed by atoms with van der Waals surface area (Å²) in [4.78, 5) is 14.4. The highest BCUT2D eigenvalue weighted by Gasteiger charge is 2.24. The predicted octanol–water partition coefficient (Wildman–Crippen LogP) is 2.50. The summed E-state index contributed by atoms with van der Waals surface area (Å²) in [5, 5.41) is 8.26. The van der Waals surface area contributed by atoms with E-state index in [0.29, 0.717) is 42.2 Å². The van der Waals surface area contributed by atoms with Crippen LogP contribution in [-0.4, -0.2) is 50.0 Å². The van der Waals surface area contributed by atoms with E-state index >= 15 is 0 Å². The summed E-state index contributed by atoms with van der Waals surface area (Å²) < 4.78 is 28.2. The molecule has 0 atom stereocenters. The SMILES string of the molecule is CS(=O)(=O)Cc1ccc(C(=O)OC2CCN(c3ccc(Cl)nn3)CC2)cc1. The van der Waals surface area contributed by atoms with Crippen LogP contribution in [0.15, 0.2) is 36.4 Å². The molecule has 1 aromatic carbocycles. The van der Waals surface area contributed by atoms with Crippen molar-refractivity contribution in [2.24, 2.45) is 0 Å². The Morgan fingerprint density at radius 2 is 1.81 bits per heavy atom. The summed E-state index contributed by atoms with van der Waals surface area (Å²) in [7, 11) is -3.10. The van der Waals surface area contributed by atoms with Crippen molar-refractivity contribution in [3.05, 3.63) is 52.7 Å². The second kappa shape index (κ2) is 8.22. The average Bonchev–Trinajstić information content (AvgIpc) is 2.62. The van der Waals surface area contributed by atoms with Gasteiger partial charge in [-0.3, -0.25) is 0 Å². The molecule has 2 heterocycles. The Morgan fingerprint density at radius 3 is 2.37 bits per heavy atom. The first-order chi connectivity index (χ1) is 12.8. The largest absolute Gasteiger partial charge is 0.459 e. The standard InChI is InChI=1S/C18H20ClN3O4S/c1-27(24,25)12-13-2-4-14(5-3-13)18(23)26-15-8-10-22(11-9-15)17-7-6-16(19)20-21-17/h2-7,15H,8-12H2,1H3. The summed E-state index contributed by atoms with van der Waals surface area (Å²) in [6, 6.07) is 9.99. The smallest absolute Gasteiger partial charge is 0.338 e. The van der Waals surface area contributed by atoms with Crippen molar-refractivity contribution in [3.8, 4) is 0 Å². The number of carbonyl (C=O) groups is 1. The van der Waals surface area contributed by atoms with Crippen LogP contribution in [0.5, 0.6) is 0 Å². The molecule has 1 saturated heterocycles. The third kappa shape index (κ3) is 5.64. The highest BCUT2D eigenvalue weighted by molar-refractivity contribution is 7.89. The van der Waals surface area contributed by atoms with E-state index in [2.05, 4.69) is 15.1 Å². The minimum Gasteiger partial charge on any atom is -0.459 e. The second-order valence-electron chi connectivity index (χ2n) is 6.57. The molecule has 0 bridgehead atoms. The van der Waals surface area contributed by atoms with Crippen LogP contribution in [0.1, 0.15) is 28.8 Å². The lowest BCUT2D eigenvalue weighted by atomic mass is 10.1. The number of rotatable bonds is 5. The molecule has 9 heteroatoms. The fourth-order valence-corrected chi connectivity index (χ4v) is 3.84. The van der Waals surface area contributed by atoms with Crippen LogP contribution in [0.2, 0.25) is 5.15 Å². The van der Waals surface area contributed by atoms with Crippen LogP contribution in [0.3, 0.4) is 0 Å². The molecule has 0 spiro atoms. The number of piperidine rings is 1. The van der Waals surface area contributed by atoms with Gasteiger partial charge in [0.15, 0.2) is 20.8 Å². The summed E-state index contributed by atoms with van der Waals surface area (Å²) >= 11 is 5.75. The molecule has 0 amide bonds. The number of carbonyl (C=O) groups excluding carboxylic acids is 1. The maximum atomic E-state index is 12.3. The Kier molecular flexibility index (Phi) is 5.96. The molecule has 0 aliphatic carbocycles. The number of esters is 1. The molecule has 0 saturated carbocycles. The molecule has 144 valence electrons. The maximum Gasteiger partial charge on any atom is 0.338 e. The van der Waals surface area contributed by atoms with E-state index in [0.717, 1.165) is 5.82 Å². The van der Waals surface area contributed by atoms with E-state index in [1.807, 2.05) is 6.07 Å². The van der Waals surface area contributed by atoms with Crippen LogP contribution in [0.4, 0.5) is 5.82 Å². The number of sulfone groups is 1. The minimum atomic E-state index is -3.10. The lowest BCUT2D eigenvalue weighted by Gasteiger charge is -2.32.